The molecule has 1 aliphatic carbocycles. The molecule has 1 spiro atoms. The van der Waals surface area contributed by atoms with Gasteiger partial charge in [-0.3, -0.25) is 9.59 Å². The molecule has 4 N–H and O–H groups in total. The van der Waals surface area contributed by atoms with Crippen molar-refractivity contribution in [2.24, 2.45) is 5.73 Å². The molecule has 1 aliphatic heterocycles. The first-order valence-corrected chi connectivity index (χ1v) is 9.72. The van der Waals surface area contributed by atoms with Crippen molar-refractivity contribution >= 4 is 23.2 Å². The number of thiazole rings is 1. The number of fused-ring (bicyclic) bond motifs is 2. The lowest BCUT2D eigenvalue weighted by Crippen LogP contribution is -2.28. The van der Waals surface area contributed by atoms with E-state index in [-0.39, 0.29) is 35.3 Å². The Kier molecular flexibility index (Phi) is 4.15. The minimum Gasteiger partial charge on any atom is -0.476 e. The zero-order valence-electron chi connectivity index (χ0n) is 14.8. The van der Waals surface area contributed by atoms with Gasteiger partial charge in [-0.15, -0.1) is 11.3 Å². The molecule has 142 valence electrons. The Morgan fingerprint density at radius 2 is 2.22 bits per heavy atom. The van der Waals surface area contributed by atoms with Crippen molar-refractivity contribution in [2.45, 2.75) is 50.7 Å². The molecule has 2 aliphatic rings. The number of rotatable bonds is 6. The standard InChI is InChI=1S/C18H20N4O4S/c1-9(19)2-3-12-15-10(18(4-5-18)21-16(15)24)6-14(23)22(12)7-13-20-11(8-27-13)17(25)26/h6,8-9H,2-5,7,19H2,1H3,(H,21,24)(H,25,26)/t9-/m0/s1. The van der Waals surface area contributed by atoms with Gasteiger partial charge in [0.1, 0.15) is 5.01 Å². The predicted molar refractivity (Wildman–Crippen MR) is 99.2 cm³/mol. The van der Waals surface area contributed by atoms with E-state index in [1.807, 2.05) is 6.92 Å². The quantitative estimate of drug-likeness (QED) is 0.679. The van der Waals surface area contributed by atoms with Gasteiger partial charge in [0.2, 0.25) is 0 Å². The third-order valence-electron chi connectivity index (χ3n) is 5.16. The van der Waals surface area contributed by atoms with Gasteiger partial charge >= 0.3 is 5.97 Å². The largest absolute Gasteiger partial charge is 0.476 e. The van der Waals surface area contributed by atoms with Crippen LogP contribution in [-0.2, 0) is 18.5 Å². The number of hydrogen-bond acceptors (Lipinski definition) is 6. The van der Waals surface area contributed by atoms with E-state index in [9.17, 15) is 14.4 Å². The Hall–Kier alpha value is -2.52. The Balaban J connectivity index is 1.80. The monoisotopic (exact) mass is 388 g/mol. The SMILES string of the molecule is C[C@H](N)CCc1c2c(cc(=O)n1Cc1nc(C(=O)O)cs1)C1(CC1)NC2=O. The summed E-state index contributed by atoms with van der Waals surface area (Å²) < 4.78 is 1.53. The second-order valence-corrected chi connectivity index (χ2v) is 8.23. The van der Waals surface area contributed by atoms with Crippen LogP contribution in [-0.4, -0.2) is 32.6 Å². The van der Waals surface area contributed by atoms with Crippen molar-refractivity contribution < 1.29 is 14.7 Å². The van der Waals surface area contributed by atoms with Gasteiger partial charge in [-0.1, -0.05) is 0 Å². The predicted octanol–water partition coefficient (Wildman–Crippen LogP) is 1.06. The summed E-state index contributed by atoms with van der Waals surface area (Å²) >= 11 is 1.18. The maximum Gasteiger partial charge on any atom is 0.355 e. The molecular weight excluding hydrogens is 368 g/mol. The molecule has 1 atom stereocenters. The smallest absolute Gasteiger partial charge is 0.355 e. The Morgan fingerprint density at radius 3 is 2.81 bits per heavy atom. The number of nitrogens with two attached hydrogens (primary N) is 1. The van der Waals surface area contributed by atoms with Crippen molar-refractivity contribution in [1.29, 1.82) is 0 Å². The molecule has 1 fully saturated rings. The maximum atomic E-state index is 12.9. The summed E-state index contributed by atoms with van der Waals surface area (Å²) in [6.07, 6.45) is 2.82. The number of nitrogens with zero attached hydrogens (tertiary/aromatic N) is 2. The van der Waals surface area contributed by atoms with E-state index in [0.717, 1.165) is 18.4 Å². The van der Waals surface area contributed by atoms with Crippen molar-refractivity contribution in [2.75, 3.05) is 0 Å². The molecule has 4 rings (SSSR count). The molecule has 0 bridgehead atoms. The summed E-state index contributed by atoms with van der Waals surface area (Å²) in [4.78, 5) is 40.6. The summed E-state index contributed by atoms with van der Waals surface area (Å²) in [5.41, 5.74) is 7.30. The van der Waals surface area contributed by atoms with E-state index in [2.05, 4.69) is 10.3 Å². The summed E-state index contributed by atoms with van der Waals surface area (Å²) in [6, 6.07) is 1.48. The van der Waals surface area contributed by atoms with Gasteiger partial charge in [0.15, 0.2) is 5.69 Å². The molecule has 1 saturated carbocycles. The van der Waals surface area contributed by atoms with Gasteiger partial charge in [-0.05, 0) is 38.2 Å². The van der Waals surface area contributed by atoms with Crippen LogP contribution in [0.25, 0.3) is 0 Å². The van der Waals surface area contributed by atoms with E-state index < -0.39 is 5.97 Å². The van der Waals surface area contributed by atoms with Crippen molar-refractivity contribution in [3.05, 3.63) is 49.3 Å². The third-order valence-corrected chi connectivity index (χ3v) is 6.00. The van der Waals surface area contributed by atoms with Crippen LogP contribution >= 0.6 is 11.3 Å². The van der Waals surface area contributed by atoms with E-state index in [4.69, 9.17) is 10.8 Å². The molecule has 27 heavy (non-hydrogen) atoms. The van der Waals surface area contributed by atoms with Crippen molar-refractivity contribution in [1.82, 2.24) is 14.9 Å². The summed E-state index contributed by atoms with van der Waals surface area (Å²) in [6.45, 7) is 2.02. The number of pyridine rings is 1. The van der Waals surface area contributed by atoms with Crippen LogP contribution in [0.5, 0.6) is 0 Å². The normalized spacial score (nSPS) is 17.6. The molecule has 0 unspecified atom stereocenters. The number of hydrogen-bond donors (Lipinski definition) is 3. The highest BCUT2D eigenvalue weighted by Crippen LogP contribution is 2.50. The summed E-state index contributed by atoms with van der Waals surface area (Å²) in [5.74, 6) is -1.26. The number of carbonyl (C=O) groups is 2. The fourth-order valence-corrected chi connectivity index (χ4v) is 4.36. The third kappa shape index (κ3) is 3.06. The number of carboxylic acids is 1. The van der Waals surface area contributed by atoms with Crippen molar-refractivity contribution in [3.8, 4) is 0 Å². The average molecular weight is 388 g/mol. The lowest BCUT2D eigenvalue weighted by Gasteiger charge is -2.17. The van der Waals surface area contributed by atoms with E-state index in [0.29, 0.717) is 29.1 Å². The van der Waals surface area contributed by atoms with E-state index in [1.54, 1.807) is 6.07 Å². The first kappa shape index (κ1) is 17.9. The van der Waals surface area contributed by atoms with Gasteiger partial charge in [0, 0.05) is 23.2 Å². The number of nitrogens with one attached hydrogen (secondary N) is 1. The topological polar surface area (TPSA) is 127 Å². The first-order valence-electron chi connectivity index (χ1n) is 8.84. The van der Waals surface area contributed by atoms with E-state index in [1.165, 1.54) is 21.3 Å². The fraction of sp³-hybridized carbons (Fsp3) is 0.444. The molecule has 3 heterocycles. The zero-order chi connectivity index (χ0) is 19.3. The number of amides is 1. The van der Waals surface area contributed by atoms with Crippen LogP contribution in [0.3, 0.4) is 0 Å². The minimum absolute atomic E-state index is 0.0454. The molecule has 2 aromatic rings. The lowest BCUT2D eigenvalue weighted by molar-refractivity contribution is 0.0691. The van der Waals surface area contributed by atoms with Gasteiger partial charge in [0.25, 0.3) is 11.5 Å². The highest BCUT2D eigenvalue weighted by molar-refractivity contribution is 7.09. The molecule has 8 nitrogen and oxygen atoms in total. The molecular formula is C18H20N4O4S. The molecule has 9 heteroatoms. The Morgan fingerprint density at radius 1 is 1.48 bits per heavy atom. The van der Waals surface area contributed by atoms with Crippen LogP contribution in [0.1, 0.15) is 63.3 Å². The van der Waals surface area contributed by atoms with Crippen LogP contribution in [0.4, 0.5) is 0 Å². The Labute approximate surface area is 159 Å². The number of aromatic nitrogens is 2. The molecule has 0 aromatic carbocycles. The molecule has 0 saturated heterocycles. The summed E-state index contributed by atoms with van der Waals surface area (Å²) in [5, 5.41) is 14.0. The van der Waals surface area contributed by atoms with Gasteiger partial charge in [0.05, 0.1) is 17.6 Å². The Bertz CT molecular complexity index is 1000. The average Bonchev–Trinajstić information content (AvgIpc) is 3.11. The summed E-state index contributed by atoms with van der Waals surface area (Å²) in [7, 11) is 0. The minimum atomic E-state index is -1.11. The maximum absolute atomic E-state index is 12.9. The first-order chi connectivity index (χ1) is 12.8. The van der Waals surface area contributed by atoms with Crippen LogP contribution in [0.2, 0.25) is 0 Å². The zero-order valence-corrected chi connectivity index (χ0v) is 15.6. The van der Waals surface area contributed by atoms with Crippen LogP contribution in [0.15, 0.2) is 16.2 Å². The highest BCUT2D eigenvalue weighted by atomic mass is 32.1. The molecule has 0 radical (unpaired) electrons. The van der Waals surface area contributed by atoms with Crippen LogP contribution < -0.4 is 16.6 Å². The second kappa shape index (κ2) is 6.28. The number of aromatic carboxylic acids is 1. The van der Waals surface area contributed by atoms with Gasteiger partial charge in [-0.2, -0.15) is 0 Å². The fourth-order valence-electron chi connectivity index (χ4n) is 3.61. The molecule has 2 aromatic heterocycles. The van der Waals surface area contributed by atoms with Gasteiger partial charge in [-0.25, -0.2) is 9.78 Å². The van der Waals surface area contributed by atoms with E-state index >= 15 is 0 Å². The highest BCUT2D eigenvalue weighted by Gasteiger charge is 2.53. The van der Waals surface area contributed by atoms with Crippen LogP contribution in [0, 0.1) is 0 Å². The number of carbonyl (C=O) groups excluding carboxylic acids is 1. The lowest BCUT2D eigenvalue weighted by atomic mass is 9.98. The second-order valence-electron chi connectivity index (χ2n) is 7.29. The number of carboxylic acid groups (broad SMARTS) is 1. The van der Waals surface area contributed by atoms with Gasteiger partial charge < -0.3 is 20.7 Å². The van der Waals surface area contributed by atoms with Crippen molar-refractivity contribution in [3.63, 3.8) is 0 Å². The molecule has 1 amide bonds.